The van der Waals surface area contributed by atoms with Crippen LogP contribution in [-0.4, -0.2) is 47.2 Å². The summed E-state index contributed by atoms with van der Waals surface area (Å²) in [5, 5.41) is 23.4. The second-order valence-electron chi connectivity index (χ2n) is 9.00. The topological polar surface area (TPSA) is 139 Å². The third kappa shape index (κ3) is 4.26. The van der Waals surface area contributed by atoms with Crippen molar-refractivity contribution in [3.8, 4) is 11.1 Å². The summed E-state index contributed by atoms with van der Waals surface area (Å²) in [5.41, 5.74) is 4.07. The van der Waals surface area contributed by atoms with Crippen molar-refractivity contribution in [3.05, 3.63) is 93.0 Å². The molecule has 0 spiro atoms. The monoisotopic (exact) mass is 501 g/mol. The van der Waals surface area contributed by atoms with E-state index in [1.807, 2.05) is 48.5 Å². The number of hydrogen-bond donors (Lipinski definition) is 2. The van der Waals surface area contributed by atoms with Crippen LogP contribution in [0.2, 0.25) is 0 Å². The molecule has 1 aliphatic heterocycles. The Kier molecular flexibility index (Phi) is 6.08. The summed E-state index contributed by atoms with van der Waals surface area (Å²) in [4.78, 5) is 49.2. The van der Waals surface area contributed by atoms with Gasteiger partial charge in [-0.05, 0) is 47.2 Å². The Bertz CT molecular complexity index is 1410. The number of nitro groups is 1. The average Bonchev–Trinajstić information content (AvgIpc) is 3.45. The van der Waals surface area contributed by atoms with E-state index in [1.165, 1.54) is 17.9 Å². The highest BCUT2D eigenvalue weighted by Crippen LogP contribution is 2.44. The van der Waals surface area contributed by atoms with Crippen molar-refractivity contribution in [2.75, 3.05) is 18.1 Å². The number of anilines is 1. The highest BCUT2D eigenvalue weighted by Gasteiger charge is 2.36. The first-order valence-corrected chi connectivity index (χ1v) is 11.7. The van der Waals surface area contributed by atoms with Gasteiger partial charge in [-0.3, -0.25) is 14.9 Å². The Morgan fingerprint density at radius 1 is 1.11 bits per heavy atom. The maximum absolute atomic E-state index is 13.1. The lowest BCUT2D eigenvalue weighted by Gasteiger charge is -2.22. The molecule has 188 valence electrons. The van der Waals surface area contributed by atoms with Crippen molar-refractivity contribution in [1.82, 2.24) is 5.32 Å². The minimum atomic E-state index is -1.29. The first-order chi connectivity index (χ1) is 17.8. The number of alkyl carbamates (subject to hydrolysis) is 1. The van der Waals surface area contributed by atoms with Crippen LogP contribution in [0.3, 0.4) is 0 Å². The number of carbonyl (C=O) groups excluding carboxylic acids is 2. The van der Waals surface area contributed by atoms with Crippen molar-refractivity contribution in [2.24, 2.45) is 0 Å². The van der Waals surface area contributed by atoms with Crippen LogP contribution in [-0.2, 0) is 16.0 Å². The fraction of sp³-hybridized carbons (Fsp3) is 0.222. The van der Waals surface area contributed by atoms with Crippen LogP contribution >= 0.6 is 0 Å². The van der Waals surface area contributed by atoms with E-state index in [9.17, 15) is 29.6 Å². The third-order valence-electron chi connectivity index (χ3n) is 6.80. The zero-order valence-electron chi connectivity index (χ0n) is 19.8. The number of nitrogens with zero attached hydrogens (tertiary/aromatic N) is 2. The van der Waals surface area contributed by atoms with Crippen LogP contribution in [0.5, 0.6) is 0 Å². The summed E-state index contributed by atoms with van der Waals surface area (Å²) in [6, 6.07) is 17.1. The van der Waals surface area contributed by atoms with E-state index in [1.54, 1.807) is 0 Å². The zero-order chi connectivity index (χ0) is 26.3. The number of ether oxygens (including phenoxy) is 1. The Hall–Kier alpha value is -4.73. The van der Waals surface area contributed by atoms with Crippen molar-refractivity contribution >= 4 is 29.3 Å². The van der Waals surface area contributed by atoms with Crippen molar-refractivity contribution in [1.29, 1.82) is 0 Å². The van der Waals surface area contributed by atoms with Crippen LogP contribution < -0.4 is 10.2 Å². The van der Waals surface area contributed by atoms with E-state index in [-0.39, 0.29) is 36.7 Å². The molecule has 1 aliphatic carbocycles. The molecule has 5 rings (SSSR count). The Labute approximate surface area is 211 Å². The van der Waals surface area contributed by atoms with Crippen molar-refractivity contribution < 1.29 is 29.2 Å². The van der Waals surface area contributed by atoms with Gasteiger partial charge in [-0.15, -0.1) is 0 Å². The smallest absolute Gasteiger partial charge is 0.407 e. The van der Waals surface area contributed by atoms with Gasteiger partial charge in [0.25, 0.3) is 5.69 Å². The van der Waals surface area contributed by atoms with Crippen LogP contribution in [0, 0.1) is 10.1 Å². The molecule has 2 N–H and O–H groups in total. The fourth-order valence-electron chi connectivity index (χ4n) is 5.12. The molecule has 10 heteroatoms. The van der Waals surface area contributed by atoms with Gasteiger partial charge in [0.15, 0.2) is 0 Å². The number of benzene rings is 3. The van der Waals surface area contributed by atoms with Crippen molar-refractivity contribution in [3.63, 3.8) is 0 Å². The quantitative estimate of drug-likeness (QED) is 0.383. The maximum atomic E-state index is 13.1. The lowest BCUT2D eigenvalue weighted by molar-refractivity contribution is -0.384. The van der Waals surface area contributed by atoms with E-state index in [0.717, 1.165) is 28.3 Å². The zero-order valence-corrected chi connectivity index (χ0v) is 19.8. The molecule has 2 amide bonds. The number of amides is 2. The predicted molar refractivity (Wildman–Crippen MR) is 134 cm³/mol. The summed E-state index contributed by atoms with van der Waals surface area (Å²) in [6.45, 7) is 1.69. The number of rotatable bonds is 6. The molecular formula is C27H23N3O7. The normalized spacial score (nSPS) is 14.4. The summed E-state index contributed by atoms with van der Waals surface area (Å²) < 4.78 is 5.50. The van der Waals surface area contributed by atoms with Gasteiger partial charge in [-0.1, -0.05) is 48.5 Å². The van der Waals surface area contributed by atoms with Gasteiger partial charge >= 0.3 is 12.1 Å². The van der Waals surface area contributed by atoms with Gasteiger partial charge in [0, 0.05) is 18.5 Å². The summed E-state index contributed by atoms with van der Waals surface area (Å²) >= 11 is 0. The van der Waals surface area contributed by atoms with Crippen LogP contribution in [0.1, 0.15) is 39.9 Å². The molecule has 0 saturated heterocycles. The number of carboxylic acids is 1. The number of aromatic carboxylic acids is 1. The molecule has 0 fully saturated rings. The Balaban J connectivity index is 1.27. The van der Waals surface area contributed by atoms with E-state index in [4.69, 9.17) is 4.74 Å². The average molecular weight is 501 g/mol. The van der Waals surface area contributed by atoms with E-state index in [2.05, 4.69) is 5.32 Å². The lowest BCUT2D eigenvalue weighted by Crippen LogP contribution is -2.47. The highest BCUT2D eigenvalue weighted by molar-refractivity contribution is 6.03. The number of nitro benzene ring substituents is 1. The molecule has 3 aromatic carbocycles. The highest BCUT2D eigenvalue weighted by atomic mass is 16.6. The Morgan fingerprint density at radius 2 is 1.73 bits per heavy atom. The molecule has 1 heterocycles. The van der Waals surface area contributed by atoms with E-state index in [0.29, 0.717) is 5.56 Å². The molecule has 2 aliphatic rings. The first kappa shape index (κ1) is 24.0. The summed E-state index contributed by atoms with van der Waals surface area (Å²) in [6.07, 6.45) is -0.515. The number of carboxylic acid groups (broad SMARTS) is 1. The van der Waals surface area contributed by atoms with Gasteiger partial charge in [0.2, 0.25) is 5.91 Å². The Morgan fingerprint density at radius 3 is 2.32 bits per heavy atom. The number of hydrogen-bond acceptors (Lipinski definition) is 6. The molecule has 37 heavy (non-hydrogen) atoms. The second-order valence-corrected chi connectivity index (χ2v) is 9.00. The standard InChI is InChI=1S/C27H23N3O7/c1-15(25(31)29-11-10-16-12-17(26(32)33)13-23(24(16)29)30(35)36)28-27(34)37-14-22-20-8-4-2-6-18(20)19-7-3-5-9-21(19)22/h2-9,12-13,15,22H,10-11,14H2,1H3,(H,28,34)(H,32,33)/t15-/m0/s1. The number of fused-ring (bicyclic) bond motifs is 4. The minimum absolute atomic E-state index is 0.0567. The van der Waals surface area contributed by atoms with Crippen molar-refractivity contribution in [2.45, 2.75) is 25.3 Å². The molecule has 1 atom stereocenters. The number of carbonyl (C=O) groups is 3. The van der Waals surface area contributed by atoms with E-state index < -0.39 is 34.6 Å². The minimum Gasteiger partial charge on any atom is -0.478 e. The van der Waals surface area contributed by atoms with Crippen LogP contribution in [0.15, 0.2) is 60.7 Å². The number of nitrogens with one attached hydrogen (secondary N) is 1. The second kappa shape index (κ2) is 9.38. The first-order valence-electron chi connectivity index (χ1n) is 11.7. The summed E-state index contributed by atoms with van der Waals surface area (Å²) in [7, 11) is 0. The molecule has 10 nitrogen and oxygen atoms in total. The van der Waals surface area contributed by atoms with Crippen LogP contribution in [0.4, 0.5) is 16.2 Å². The van der Waals surface area contributed by atoms with Gasteiger partial charge < -0.3 is 20.1 Å². The molecule has 0 bridgehead atoms. The third-order valence-corrected chi connectivity index (χ3v) is 6.80. The molecule has 3 aromatic rings. The fourth-order valence-corrected chi connectivity index (χ4v) is 5.12. The van der Waals surface area contributed by atoms with Gasteiger partial charge in [-0.25, -0.2) is 9.59 Å². The summed E-state index contributed by atoms with van der Waals surface area (Å²) in [5.74, 6) is -1.99. The van der Waals surface area contributed by atoms with E-state index >= 15 is 0 Å². The lowest BCUT2D eigenvalue weighted by atomic mass is 9.98. The van der Waals surface area contributed by atoms with Gasteiger partial charge in [0.1, 0.15) is 18.3 Å². The van der Waals surface area contributed by atoms with Gasteiger partial charge in [0.05, 0.1) is 10.5 Å². The molecule has 0 saturated carbocycles. The SMILES string of the molecule is C[C@H](NC(=O)OCC1c2ccccc2-c2ccccc21)C(=O)N1CCc2cc(C(=O)O)cc([N+](=O)[O-])c21. The molecule has 0 radical (unpaired) electrons. The maximum Gasteiger partial charge on any atom is 0.407 e. The van der Waals surface area contributed by atoms with Gasteiger partial charge in [-0.2, -0.15) is 0 Å². The van der Waals surface area contributed by atoms with Crippen LogP contribution in [0.25, 0.3) is 11.1 Å². The molecule has 0 aromatic heterocycles. The predicted octanol–water partition coefficient (Wildman–Crippen LogP) is 4.11. The molecule has 0 unspecified atom stereocenters. The largest absolute Gasteiger partial charge is 0.478 e. The molecular weight excluding hydrogens is 478 g/mol.